The van der Waals surface area contributed by atoms with E-state index in [9.17, 15) is 9.90 Å². The molecule has 2 aromatic rings. The topological polar surface area (TPSA) is 63.3 Å². The average Bonchev–Trinajstić information content (AvgIpc) is 2.47. The van der Waals surface area contributed by atoms with Crippen LogP contribution in [0.5, 0.6) is 0 Å². The van der Waals surface area contributed by atoms with Crippen LogP contribution in [0.3, 0.4) is 0 Å². The third kappa shape index (κ3) is 2.28. The van der Waals surface area contributed by atoms with Crippen molar-refractivity contribution in [1.29, 1.82) is 0 Å². The molecule has 0 spiro atoms. The van der Waals surface area contributed by atoms with Crippen LogP contribution in [0.4, 0.5) is 0 Å². The van der Waals surface area contributed by atoms with E-state index in [2.05, 4.69) is 6.58 Å². The molecule has 2 aromatic carbocycles. The highest BCUT2D eigenvalue weighted by Crippen LogP contribution is 2.32. The minimum absolute atomic E-state index is 0.286. The van der Waals surface area contributed by atoms with Crippen molar-refractivity contribution in [3.63, 3.8) is 0 Å². The molecule has 0 aliphatic heterocycles. The molecule has 1 amide bonds. The van der Waals surface area contributed by atoms with Crippen molar-refractivity contribution in [3.8, 4) is 0 Å². The molecule has 0 saturated heterocycles. The average molecular weight is 253 g/mol. The third-order valence-corrected chi connectivity index (χ3v) is 3.11. The highest BCUT2D eigenvalue weighted by molar-refractivity contribution is 5.95. The van der Waals surface area contributed by atoms with E-state index >= 15 is 0 Å². The van der Waals surface area contributed by atoms with Gasteiger partial charge in [-0.05, 0) is 11.6 Å². The minimum atomic E-state index is -1.44. The fourth-order valence-electron chi connectivity index (χ4n) is 2.11. The van der Waals surface area contributed by atoms with Crippen LogP contribution in [0, 0.1) is 0 Å². The maximum absolute atomic E-state index is 11.5. The number of amides is 1. The van der Waals surface area contributed by atoms with E-state index in [4.69, 9.17) is 5.73 Å². The lowest BCUT2D eigenvalue weighted by molar-refractivity contribution is 0.0981. The summed E-state index contributed by atoms with van der Waals surface area (Å²) in [5.74, 6) is -0.577. The van der Waals surface area contributed by atoms with Crippen LogP contribution in [0.15, 0.2) is 67.3 Å². The molecular weight excluding hydrogens is 238 g/mol. The van der Waals surface area contributed by atoms with Crippen molar-refractivity contribution >= 4 is 5.91 Å². The third-order valence-electron chi connectivity index (χ3n) is 3.11. The van der Waals surface area contributed by atoms with E-state index < -0.39 is 11.5 Å². The zero-order chi connectivity index (χ0) is 13.9. The summed E-state index contributed by atoms with van der Waals surface area (Å²) in [4.78, 5) is 11.5. The van der Waals surface area contributed by atoms with Gasteiger partial charge in [-0.15, -0.1) is 0 Å². The molecule has 19 heavy (non-hydrogen) atoms. The number of hydrogen-bond acceptors (Lipinski definition) is 2. The Balaban J connectivity index is 2.66. The highest BCUT2D eigenvalue weighted by Gasteiger charge is 2.31. The number of carbonyl (C=O) groups excluding carboxylic acids is 1. The van der Waals surface area contributed by atoms with Gasteiger partial charge in [0.05, 0.1) is 0 Å². The summed E-state index contributed by atoms with van der Waals surface area (Å²) >= 11 is 0. The monoisotopic (exact) mass is 253 g/mol. The second-order valence-electron chi connectivity index (χ2n) is 4.25. The van der Waals surface area contributed by atoms with Crippen LogP contribution in [0.2, 0.25) is 0 Å². The lowest BCUT2D eigenvalue weighted by Gasteiger charge is -2.27. The standard InChI is InChI=1S/C16H15NO2/c1-2-16(19,12-8-4-3-5-9-12)14-11-7-6-10-13(14)15(17)18/h2-11,19H,1H2,(H2,17,18). The van der Waals surface area contributed by atoms with Gasteiger partial charge in [-0.2, -0.15) is 0 Å². The first-order valence-electron chi connectivity index (χ1n) is 5.90. The first-order chi connectivity index (χ1) is 9.09. The molecule has 0 fully saturated rings. The van der Waals surface area contributed by atoms with Gasteiger partial charge in [0.25, 0.3) is 0 Å². The van der Waals surface area contributed by atoms with E-state index in [1.807, 2.05) is 18.2 Å². The molecule has 96 valence electrons. The van der Waals surface area contributed by atoms with Gasteiger partial charge < -0.3 is 10.8 Å². The zero-order valence-corrected chi connectivity index (χ0v) is 10.4. The zero-order valence-electron chi connectivity index (χ0n) is 10.4. The fraction of sp³-hybridized carbons (Fsp3) is 0.0625. The minimum Gasteiger partial charge on any atom is -0.377 e. The van der Waals surface area contributed by atoms with Crippen molar-refractivity contribution < 1.29 is 9.90 Å². The SMILES string of the molecule is C=CC(O)(c1ccccc1)c1ccccc1C(N)=O. The number of primary amides is 1. The predicted molar refractivity (Wildman–Crippen MR) is 74.6 cm³/mol. The van der Waals surface area contributed by atoms with Gasteiger partial charge in [-0.25, -0.2) is 0 Å². The quantitative estimate of drug-likeness (QED) is 0.820. The highest BCUT2D eigenvalue weighted by atomic mass is 16.3. The summed E-state index contributed by atoms with van der Waals surface area (Å²) in [6.07, 6.45) is 1.41. The smallest absolute Gasteiger partial charge is 0.249 e. The number of benzene rings is 2. The van der Waals surface area contributed by atoms with Crippen molar-refractivity contribution in [2.45, 2.75) is 5.60 Å². The van der Waals surface area contributed by atoms with E-state index in [-0.39, 0.29) is 5.56 Å². The molecule has 1 atom stereocenters. The van der Waals surface area contributed by atoms with Crippen molar-refractivity contribution in [1.82, 2.24) is 0 Å². The molecule has 0 bridgehead atoms. The summed E-state index contributed by atoms with van der Waals surface area (Å²) in [6, 6.07) is 15.8. The van der Waals surface area contributed by atoms with Crippen LogP contribution >= 0.6 is 0 Å². The van der Waals surface area contributed by atoms with Gasteiger partial charge >= 0.3 is 0 Å². The molecule has 0 heterocycles. The Hall–Kier alpha value is -2.39. The van der Waals surface area contributed by atoms with Crippen molar-refractivity contribution in [2.75, 3.05) is 0 Å². The van der Waals surface area contributed by atoms with Crippen LogP contribution in [0.1, 0.15) is 21.5 Å². The van der Waals surface area contributed by atoms with Crippen molar-refractivity contribution in [3.05, 3.63) is 83.9 Å². The molecule has 0 aliphatic carbocycles. The Labute approximate surface area is 112 Å². The number of rotatable bonds is 4. The maximum atomic E-state index is 11.5. The Morgan fingerprint density at radius 2 is 1.68 bits per heavy atom. The first-order valence-corrected chi connectivity index (χ1v) is 5.90. The Morgan fingerprint density at radius 1 is 1.11 bits per heavy atom. The van der Waals surface area contributed by atoms with Gasteiger partial charge in [0.15, 0.2) is 0 Å². The van der Waals surface area contributed by atoms with Gasteiger partial charge in [0, 0.05) is 11.1 Å². The molecule has 0 saturated carbocycles. The molecule has 3 nitrogen and oxygen atoms in total. The molecular formula is C16H15NO2. The van der Waals surface area contributed by atoms with Crippen LogP contribution in [0.25, 0.3) is 0 Å². The fourth-order valence-corrected chi connectivity index (χ4v) is 2.11. The number of carbonyl (C=O) groups is 1. The van der Waals surface area contributed by atoms with E-state index in [1.54, 1.807) is 36.4 Å². The summed E-state index contributed by atoms with van der Waals surface area (Å²) in [5.41, 5.74) is 5.28. The molecule has 0 radical (unpaired) electrons. The maximum Gasteiger partial charge on any atom is 0.249 e. The number of aliphatic hydroxyl groups is 1. The largest absolute Gasteiger partial charge is 0.377 e. The Bertz CT molecular complexity index is 607. The van der Waals surface area contributed by atoms with Crippen LogP contribution in [-0.4, -0.2) is 11.0 Å². The number of hydrogen-bond donors (Lipinski definition) is 2. The summed E-state index contributed by atoms with van der Waals surface area (Å²) in [5, 5.41) is 10.9. The normalized spacial score (nSPS) is 13.5. The van der Waals surface area contributed by atoms with Gasteiger partial charge in [0.1, 0.15) is 5.60 Å². The summed E-state index contributed by atoms with van der Waals surface area (Å²) < 4.78 is 0. The van der Waals surface area contributed by atoms with E-state index in [1.165, 1.54) is 6.08 Å². The number of nitrogens with two attached hydrogens (primary N) is 1. The molecule has 2 rings (SSSR count). The van der Waals surface area contributed by atoms with Crippen LogP contribution < -0.4 is 5.73 Å². The van der Waals surface area contributed by atoms with Gasteiger partial charge in [-0.3, -0.25) is 4.79 Å². The Morgan fingerprint density at radius 3 is 2.26 bits per heavy atom. The molecule has 0 aromatic heterocycles. The van der Waals surface area contributed by atoms with E-state index in [0.717, 1.165) is 0 Å². The van der Waals surface area contributed by atoms with Gasteiger partial charge in [-0.1, -0.05) is 61.2 Å². The first kappa shape index (κ1) is 13.1. The van der Waals surface area contributed by atoms with Crippen LogP contribution in [-0.2, 0) is 5.60 Å². The second kappa shape index (κ2) is 5.08. The Kier molecular flexibility index (Phi) is 3.49. The lowest BCUT2D eigenvalue weighted by atomic mass is 9.83. The lowest BCUT2D eigenvalue weighted by Crippen LogP contribution is -2.28. The molecule has 3 heteroatoms. The molecule has 1 unspecified atom stereocenters. The molecule has 0 aliphatic rings. The predicted octanol–water partition coefficient (Wildman–Crippen LogP) is 2.21. The molecule has 3 N–H and O–H groups in total. The van der Waals surface area contributed by atoms with Crippen molar-refractivity contribution in [2.24, 2.45) is 5.73 Å². The van der Waals surface area contributed by atoms with Gasteiger partial charge in [0.2, 0.25) is 5.91 Å². The summed E-state index contributed by atoms with van der Waals surface area (Å²) in [6.45, 7) is 3.68. The van der Waals surface area contributed by atoms with E-state index in [0.29, 0.717) is 11.1 Å². The summed E-state index contributed by atoms with van der Waals surface area (Å²) in [7, 11) is 0. The second-order valence-corrected chi connectivity index (χ2v) is 4.25.